The maximum absolute atomic E-state index is 4.52. The van der Waals surface area contributed by atoms with E-state index in [1.165, 1.54) is 11.3 Å². The van der Waals surface area contributed by atoms with Crippen molar-refractivity contribution in [2.75, 3.05) is 0 Å². The summed E-state index contributed by atoms with van der Waals surface area (Å²) in [5.41, 5.74) is 2.40. The Balaban J connectivity index is 2.36. The van der Waals surface area contributed by atoms with E-state index in [-0.39, 0.29) is 0 Å². The molecule has 0 unspecified atom stereocenters. The van der Waals surface area contributed by atoms with Gasteiger partial charge in [0.25, 0.3) is 0 Å². The fourth-order valence-electron chi connectivity index (χ4n) is 1.18. The van der Waals surface area contributed by atoms with Gasteiger partial charge in [0.05, 0.1) is 5.69 Å². The van der Waals surface area contributed by atoms with Crippen molar-refractivity contribution in [1.29, 1.82) is 0 Å². The average Bonchev–Trinajstić information content (AvgIpc) is 2.67. The van der Waals surface area contributed by atoms with E-state index in [1.54, 1.807) is 11.3 Å². The average molecular weight is 189 g/mol. The van der Waals surface area contributed by atoms with Crippen LogP contribution in [0.25, 0.3) is 10.6 Å². The normalized spacial score (nSPS) is 10.2. The molecule has 2 aromatic rings. The highest BCUT2D eigenvalue weighted by molar-refractivity contribution is 7.13. The van der Waals surface area contributed by atoms with Crippen molar-refractivity contribution < 1.29 is 0 Å². The minimum atomic E-state index is 1.02. The summed E-state index contributed by atoms with van der Waals surface area (Å²) in [6.45, 7) is 2.13. The molecule has 0 fully saturated rings. The lowest BCUT2D eigenvalue weighted by Crippen LogP contribution is -1.79. The van der Waals surface area contributed by atoms with Crippen LogP contribution in [0.3, 0.4) is 0 Å². The predicted molar refractivity (Wildman–Crippen MR) is 56.9 cm³/mol. The summed E-state index contributed by atoms with van der Waals surface area (Å²) in [6.07, 6.45) is 1.02. The van der Waals surface area contributed by atoms with E-state index in [2.05, 4.69) is 29.4 Å². The molecule has 2 rings (SSSR count). The molecule has 0 aliphatic rings. The number of benzene rings is 1. The standard InChI is InChI=1S/C11H11NS/c1-2-10-8-13-11(12-10)9-6-4-3-5-7-9/h3-8H,2H2,1H3. The summed E-state index contributed by atoms with van der Waals surface area (Å²) in [7, 11) is 0. The molecular formula is C11H11NS. The first-order valence-electron chi connectivity index (χ1n) is 4.40. The van der Waals surface area contributed by atoms with Gasteiger partial charge in [-0.3, -0.25) is 0 Å². The lowest BCUT2D eigenvalue weighted by molar-refractivity contribution is 1.07. The Morgan fingerprint density at radius 3 is 2.62 bits per heavy atom. The molecule has 1 aromatic carbocycles. The minimum Gasteiger partial charge on any atom is -0.241 e. The Hall–Kier alpha value is -1.15. The maximum atomic E-state index is 4.52. The van der Waals surface area contributed by atoms with Crippen molar-refractivity contribution in [1.82, 2.24) is 4.98 Å². The van der Waals surface area contributed by atoms with Crippen LogP contribution in [-0.4, -0.2) is 4.98 Å². The van der Waals surface area contributed by atoms with Crippen molar-refractivity contribution in [2.45, 2.75) is 13.3 Å². The van der Waals surface area contributed by atoms with Crippen molar-refractivity contribution in [2.24, 2.45) is 0 Å². The summed E-state index contributed by atoms with van der Waals surface area (Å²) in [6, 6.07) is 10.3. The van der Waals surface area contributed by atoms with Gasteiger partial charge in [0, 0.05) is 10.9 Å². The Morgan fingerprint density at radius 1 is 1.23 bits per heavy atom. The van der Waals surface area contributed by atoms with Gasteiger partial charge in [-0.15, -0.1) is 11.3 Å². The monoisotopic (exact) mass is 189 g/mol. The summed E-state index contributed by atoms with van der Waals surface area (Å²) in [4.78, 5) is 4.52. The highest BCUT2D eigenvalue weighted by Gasteiger charge is 2.01. The molecule has 66 valence electrons. The van der Waals surface area contributed by atoms with Crippen molar-refractivity contribution >= 4 is 11.3 Å². The number of thiazole rings is 1. The Labute approximate surface area is 82.1 Å². The van der Waals surface area contributed by atoms with E-state index in [0.717, 1.165) is 11.4 Å². The molecule has 1 nitrogen and oxygen atoms in total. The minimum absolute atomic E-state index is 1.02. The summed E-state index contributed by atoms with van der Waals surface area (Å²) < 4.78 is 0. The molecule has 1 heterocycles. The van der Waals surface area contributed by atoms with Crippen LogP contribution >= 0.6 is 11.3 Å². The second-order valence-electron chi connectivity index (χ2n) is 2.86. The highest BCUT2D eigenvalue weighted by Crippen LogP contribution is 2.23. The molecular weight excluding hydrogens is 178 g/mol. The third-order valence-corrected chi connectivity index (χ3v) is 2.87. The van der Waals surface area contributed by atoms with Crippen LogP contribution in [-0.2, 0) is 6.42 Å². The van der Waals surface area contributed by atoms with E-state index >= 15 is 0 Å². The van der Waals surface area contributed by atoms with Crippen LogP contribution in [0, 0.1) is 0 Å². The number of hydrogen-bond donors (Lipinski definition) is 0. The molecule has 0 aliphatic carbocycles. The van der Waals surface area contributed by atoms with Crippen molar-refractivity contribution in [3.63, 3.8) is 0 Å². The van der Waals surface area contributed by atoms with Gasteiger partial charge in [0.15, 0.2) is 0 Å². The second-order valence-corrected chi connectivity index (χ2v) is 3.72. The third-order valence-electron chi connectivity index (χ3n) is 1.93. The Bertz CT molecular complexity index is 378. The van der Waals surface area contributed by atoms with Crippen LogP contribution in [0.5, 0.6) is 0 Å². The van der Waals surface area contributed by atoms with Crippen LogP contribution in [0.15, 0.2) is 35.7 Å². The van der Waals surface area contributed by atoms with E-state index in [9.17, 15) is 0 Å². The van der Waals surface area contributed by atoms with Crippen LogP contribution < -0.4 is 0 Å². The zero-order valence-corrected chi connectivity index (χ0v) is 8.34. The molecule has 0 radical (unpaired) electrons. The number of nitrogens with zero attached hydrogens (tertiary/aromatic N) is 1. The van der Waals surface area contributed by atoms with Gasteiger partial charge in [-0.05, 0) is 6.42 Å². The molecule has 2 heteroatoms. The zero-order chi connectivity index (χ0) is 9.10. The molecule has 0 N–H and O–H groups in total. The second kappa shape index (κ2) is 3.71. The first kappa shape index (κ1) is 8.45. The molecule has 0 bridgehead atoms. The van der Waals surface area contributed by atoms with Gasteiger partial charge in [0.2, 0.25) is 0 Å². The van der Waals surface area contributed by atoms with Crippen LogP contribution in [0.2, 0.25) is 0 Å². The molecule has 0 spiro atoms. The largest absolute Gasteiger partial charge is 0.241 e. The fourth-order valence-corrected chi connectivity index (χ4v) is 2.09. The van der Waals surface area contributed by atoms with Gasteiger partial charge >= 0.3 is 0 Å². The number of hydrogen-bond acceptors (Lipinski definition) is 2. The lowest BCUT2D eigenvalue weighted by atomic mass is 10.2. The lowest BCUT2D eigenvalue weighted by Gasteiger charge is -1.93. The Morgan fingerprint density at radius 2 is 2.00 bits per heavy atom. The van der Waals surface area contributed by atoms with Gasteiger partial charge in [0.1, 0.15) is 5.01 Å². The van der Waals surface area contributed by atoms with Crippen molar-refractivity contribution in [3.05, 3.63) is 41.4 Å². The van der Waals surface area contributed by atoms with Gasteiger partial charge < -0.3 is 0 Å². The zero-order valence-electron chi connectivity index (χ0n) is 7.53. The van der Waals surface area contributed by atoms with E-state index < -0.39 is 0 Å². The molecule has 0 aliphatic heterocycles. The summed E-state index contributed by atoms with van der Waals surface area (Å²) >= 11 is 1.72. The molecule has 0 saturated carbocycles. The van der Waals surface area contributed by atoms with E-state index in [0.29, 0.717) is 0 Å². The molecule has 13 heavy (non-hydrogen) atoms. The maximum Gasteiger partial charge on any atom is 0.123 e. The predicted octanol–water partition coefficient (Wildman–Crippen LogP) is 3.37. The summed E-state index contributed by atoms with van der Waals surface area (Å²) in [5, 5.41) is 3.25. The SMILES string of the molecule is CCc1csc(-c2ccccc2)n1. The fraction of sp³-hybridized carbons (Fsp3) is 0.182. The van der Waals surface area contributed by atoms with Crippen LogP contribution in [0.4, 0.5) is 0 Å². The van der Waals surface area contributed by atoms with Gasteiger partial charge in [-0.1, -0.05) is 37.3 Å². The summed E-state index contributed by atoms with van der Waals surface area (Å²) in [5.74, 6) is 0. The van der Waals surface area contributed by atoms with Crippen LogP contribution in [0.1, 0.15) is 12.6 Å². The topological polar surface area (TPSA) is 12.9 Å². The first-order valence-corrected chi connectivity index (χ1v) is 5.28. The van der Waals surface area contributed by atoms with E-state index in [1.807, 2.05) is 18.2 Å². The smallest absolute Gasteiger partial charge is 0.123 e. The van der Waals surface area contributed by atoms with Crippen molar-refractivity contribution in [3.8, 4) is 10.6 Å². The molecule has 1 aromatic heterocycles. The van der Waals surface area contributed by atoms with Gasteiger partial charge in [-0.2, -0.15) is 0 Å². The van der Waals surface area contributed by atoms with Gasteiger partial charge in [-0.25, -0.2) is 4.98 Å². The highest BCUT2D eigenvalue weighted by atomic mass is 32.1. The molecule has 0 saturated heterocycles. The quantitative estimate of drug-likeness (QED) is 0.705. The number of rotatable bonds is 2. The Kier molecular flexibility index (Phi) is 2.41. The third kappa shape index (κ3) is 1.78. The number of aryl methyl sites for hydroxylation is 1. The van der Waals surface area contributed by atoms with E-state index in [4.69, 9.17) is 0 Å². The molecule has 0 atom stereocenters. The molecule has 0 amide bonds. The first-order chi connectivity index (χ1) is 6.40. The number of aromatic nitrogens is 1.